The molecule has 5 heteroatoms. The summed E-state index contributed by atoms with van der Waals surface area (Å²) >= 11 is 0. The maximum absolute atomic E-state index is 12.7. The molecule has 1 aromatic carbocycles. The minimum Gasteiger partial charge on any atom is -0.211 e. The Bertz CT molecular complexity index is 471. The molecule has 0 radical (unpaired) electrons. The van der Waals surface area contributed by atoms with Crippen molar-refractivity contribution in [2.45, 2.75) is 32.5 Å². The van der Waals surface area contributed by atoms with E-state index in [1.807, 2.05) is 0 Å². The summed E-state index contributed by atoms with van der Waals surface area (Å²) in [6.45, 7) is 4.51. The van der Waals surface area contributed by atoms with Crippen molar-refractivity contribution in [2.75, 3.05) is 0 Å². The average molecular weight is 243 g/mol. The van der Waals surface area contributed by atoms with E-state index >= 15 is 0 Å². The van der Waals surface area contributed by atoms with Gasteiger partial charge in [0.05, 0.1) is 11.1 Å². The number of hydrogen-bond donors (Lipinski definition) is 0. The van der Waals surface area contributed by atoms with Crippen LogP contribution < -0.4 is 0 Å². The summed E-state index contributed by atoms with van der Waals surface area (Å²) in [6, 6.07) is 3.93. The highest BCUT2D eigenvalue weighted by Crippen LogP contribution is 2.35. The molecule has 0 amide bonds. The normalized spacial score (nSPS) is 12.1. The third-order valence-corrected chi connectivity index (χ3v) is 2.57. The molecule has 0 spiro atoms. The number of nitrogens with zero attached hydrogens (tertiary/aromatic N) is 1. The Labute approximate surface area is 97.2 Å². The van der Waals surface area contributed by atoms with Gasteiger partial charge in [-0.1, -0.05) is 12.1 Å². The summed E-state index contributed by atoms with van der Waals surface area (Å²) < 4.78 is 38.1. The topological polar surface area (TPSA) is 29.4 Å². The Balaban J connectivity index is 3.36. The summed E-state index contributed by atoms with van der Waals surface area (Å²) in [6.07, 6.45) is -3.03. The Morgan fingerprint density at radius 2 is 1.82 bits per heavy atom. The number of aryl methyl sites for hydroxylation is 1. The van der Waals surface area contributed by atoms with E-state index in [2.05, 4.69) is 4.99 Å². The maximum atomic E-state index is 12.7. The lowest BCUT2D eigenvalue weighted by Gasteiger charge is -2.20. The van der Waals surface area contributed by atoms with E-state index in [9.17, 15) is 18.0 Å². The highest BCUT2D eigenvalue weighted by Gasteiger charge is 2.34. The van der Waals surface area contributed by atoms with E-state index < -0.39 is 17.3 Å². The predicted molar refractivity (Wildman–Crippen MR) is 57.3 cm³/mol. The molecule has 0 aromatic heterocycles. The van der Waals surface area contributed by atoms with Crippen LogP contribution in [0.2, 0.25) is 0 Å². The number of carbonyl (C=O) groups excluding carboxylic acids is 1. The van der Waals surface area contributed by atoms with Crippen LogP contribution in [0.15, 0.2) is 23.2 Å². The van der Waals surface area contributed by atoms with Crippen LogP contribution in [0.5, 0.6) is 0 Å². The number of aliphatic imine (C=N–C) groups is 1. The standard InChI is InChI=1S/C12H12F3NO/c1-8-4-5-9(11(2,3)16-7-17)6-10(8)12(13,14)15/h4-6H,1-3H3. The molecule has 0 saturated carbocycles. The zero-order valence-corrected chi connectivity index (χ0v) is 9.72. The lowest BCUT2D eigenvalue weighted by Crippen LogP contribution is -2.16. The molecule has 0 aliphatic carbocycles. The highest BCUT2D eigenvalue weighted by atomic mass is 19.4. The number of alkyl halides is 3. The molecular formula is C12H12F3NO. The van der Waals surface area contributed by atoms with Crippen LogP contribution >= 0.6 is 0 Å². The molecule has 1 rings (SSSR count). The average Bonchev–Trinajstić information content (AvgIpc) is 2.15. The van der Waals surface area contributed by atoms with Gasteiger partial charge < -0.3 is 0 Å². The Morgan fingerprint density at radius 1 is 1.24 bits per heavy atom. The van der Waals surface area contributed by atoms with Gasteiger partial charge in [0.1, 0.15) is 0 Å². The maximum Gasteiger partial charge on any atom is 0.416 e. The van der Waals surface area contributed by atoms with Crippen molar-refractivity contribution in [3.63, 3.8) is 0 Å². The van der Waals surface area contributed by atoms with Gasteiger partial charge in [-0.05, 0) is 38.0 Å². The van der Waals surface area contributed by atoms with Gasteiger partial charge in [0.15, 0.2) is 0 Å². The minimum atomic E-state index is -4.40. The lowest BCUT2D eigenvalue weighted by atomic mass is 9.92. The van der Waals surface area contributed by atoms with Crippen LogP contribution in [0.1, 0.15) is 30.5 Å². The van der Waals surface area contributed by atoms with Crippen LogP contribution in [0, 0.1) is 6.92 Å². The molecule has 0 saturated heterocycles. The van der Waals surface area contributed by atoms with E-state index in [1.54, 1.807) is 13.8 Å². The van der Waals surface area contributed by atoms with Gasteiger partial charge in [-0.15, -0.1) is 0 Å². The van der Waals surface area contributed by atoms with Crippen LogP contribution in [0.25, 0.3) is 0 Å². The largest absolute Gasteiger partial charge is 0.416 e. The summed E-state index contributed by atoms with van der Waals surface area (Å²) in [5, 5.41) is 0. The summed E-state index contributed by atoms with van der Waals surface area (Å²) in [7, 11) is 0. The molecule has 1 aromatic rings. The van der Waals surface area contributed by atoms with Gasteiger partial charge >= 0.3 is 6.18 Å². The molecular weight excluding hydrogens is 231 g/mol. The number of halogens is 3. The minimum absolute atomic E-state index is 0.145. The zero-order valence-electron chi connectivity index (χ0n) is 9.72. The van der Waals surface area contributed by atoms with Gasteiger partial charge in [0, 0.05) is 0 Å². The van der Waals surface area contributed by atoms with Gasteiger partial charge in [-0.2, -0.15) is 18.2 Å². The summed E-state index contributed by atoms with van der Waals surface area (Å²) in [4.78, 5) is 13.7. The molecule has 0 aliphatic rings. The summed E-state index contributed by atoms with van der Waals surface area (Å²) in [5.41, 5.74) is -1.23. The summed E-state index contributed by atoms with van der Waals surface area (Å²) in [5.74, 6) is 0. The van der Waals surface area contributed by atoms with E-state index in [1.165, 1.54) is 25.1 Å². The first-order chi connectivity index (χ1) is 7.68. The number of benzene rings is 1. The van der Waals surface area contributed by atoms with Crippen molar-refractivity contribution < 1.29 is 18.0 Å². The van der Waals surface area contributed by atoms with Crippen molar-refractivity contribution in [3.05, 3.63) is 34.9 Å². The Hall–Kier alpha value is -1.61. The Kier molecular flexibility index (Phi) is 3.43. The van der Waals surface area contributed by atoms with Gasteiger partial charge in [0.2, 0.25) is 6.08 Å². The fourth-order valence-electron chi connectivity index (χ4n) is 1.49. The van der Waals surface area contributed by atoms with E-state index in [0.29, 0.717) is 5.56 Å². The van der Waals surface area contributed by atoms with Crippen molar-refractivity contribution in [2.24, 2.45) is 4.99 Å². The second-order valence-corrected chi connectivity index (χ2v) is 4.29. The first-order valence-electron chi connectivity index (χ1n) is 4.96. The fraction of sp³-hybridized carbons (Fsp3) is 0.417. The van der Waals surface area contributed by atoms with E-state index in [4.69, 9.17) is 0 Å². The van der Waals surface area contributed by atoms with Crippen molar-refractivity contribution in [1.29, 1.82) is 0 Å². The van der Waals surface area contributed by atoms with Crippen LogP contribution in [-0.4, -0.2) is 6.08 Å². The van der Waals surface area contributed by atoms with Crippen LogP contribution in [-0.2, 0) is 16.5 Å². The van der Waals surface area contributed by atoms with Crippen molar-refractivity contribution in [1.82, 2.24) is 0 Å². The molecule has 92 valence electrons. The van der Waals surface area contributed by atoms with E-state index in [0.717, 1.165) is 6.07 Å². The predicted octanol–water partition coefficient (Wildman–Crippen LogP) is 3.58. The van der Waals surface area contributed by atoms with Crippen LogP contribution in [0.4, 0.5) is 13.2 Å². The third kappa shape index (κ3) is 2.94. The molecule has 2 nitrogen and oxygen atoms in total. The lowest BCUT2D eigenvalue weighted by molar-refractivity contribution is -0.138. The SMILES string of the molecule is Cc1ccc(C(C)(C)N=C=O)cc1C(F)(F)F. The number of hydrogen-bond acceptors (Lipinski definition) is 2. The smallest absolute Gasteiger partial charge is 0.211 e. The van der Waals surface area contributed by atoms with Gasteiger partial charge in [-0.3, -0.25) is 0 Å². The molecule has 0 fully saturated rings. The molecule has 0 aliphatic heterocycles. The molecule has 0 unspecified atom stereocenters. The van der Waals surface area contributed by atoms with E-state index in [-0.39, 0.29) is 5.56 Å². The molecule has 0 bridgehead atoms. The molecule has 0 atom stereocenters. The van der Waals surface area contributed by atoms with Crippen molar-refractivity contribution in [3.8, 4) is 0 Å². The number of isocyanates is 1. The fourth-order valence-corrected chi connectivity index (χ4v) is 1.49. The van der Waals surface area contributed by atoms with Crippen molar-refractivity contribution >= 4 is 6.08 Å². The quantitative estimate of drug-likeness (QED) is 0.576. The second-order valence-electron chi connectivity index (χ2n) is 4.29. The molecule has 0 N–H and O–H groups in total. The first-order valence-corrected chi connectivity index (χ1v) is 4.96. The first kappa shape index (κ1) is 13.5. The molecule has 17 heavy (non-hydrogen) atoms. The zero-order chi connectivity index (χ0) is 13.3. The van der Waals surface area contributed by atoms with Gasteiger partial charge in [0.25, 0.3) is 0 Å². The Morgan fingerprint density at radius 3 is 2.29 bits per heavy atom. The number of rotatable bonds is 2. The second kappa shape index (κ2) is 4.34. The highest BCUT2D eigenvalue weighted by molar-refractivity contribution is 5.40. The van der Waals surface area contributed by atoms with Crippen LogP contribution in [0.3, 0.4) is 0 Å². The monoisotopic (exact) mass is 243 g/mol. The molecule has 0 heterocycles. The third-order valence-electron chi connectivity index (χ3n) is 2.57. The van der Waals surface area contributed by atoms with Gasteiger partial charge in [-0.25, -0.2) is 4.79 Å².